The van der Waals surface area contributed by atoms with E-state index in [2.05, 4.69) is 10.3 Å². The monoisotopic (exact) mass is 450 g/mol. The molecule has 8 heteroatoms. The Bertz CT molecular complexity index is 1750. The lowest BCUT2D eigenvalue weighted by atomic mass is 9.82. The minimum absolute atomic E-state index is 0.194. The molecule has 0 saturated heterocycles. The van der Waals surface area contributed by atoms with E-state index in [0.717, 1.165) is 5.56 Å². The van der Waals surface area contributed by atoms with Crippen LogP contribution < -0.4 is 20.6 Å². The summed E-state index contributed by atoms with van der Waals surface area (Å²) in [5.41, 5.74) is 2.55. The molecule has 2 atom stereocenters. The van der Waals surface area contributed by atoms with Crippen molar-refractivity contribution < 1.29 is 28.6 Å². The number of furan rings is 1. The van der Waals surface area contributed by atoms with E-state index in [4.69, 9.17) is 9.15 Å². The summed E-state index contributed by atoms with van der Waals surface area (Å²) in [7, 11) is 0. The minimum Gasteiger partial charge on any atom is -0.480 e. The zero-order valence-electron chi connectivity index (χ0n) is 17.4. The van der Waals surface area contributed by atoms with Gasteiger partial charge in [0.25, 0.3) is 11.9 Å². The fourth-order valence-electron chi connectivity index (χ4n) is 5.18. The molecule has 2 amide bonds. The molecular formula is C26H14N2O6. The first-order valence-corrected chi connectivity index (χ1v) is 10.6. The lowest BCUT2D eigenvalue weighted by molar-refractivity contribution is -0.136. The van der Waals surface area contributed by atoms with Gasteiger partial charge in [-0.1, -0.05) is 36.4 Å². The number of nitrogens with zero attached hydrogens (tertiary/aromatic N) is 1. The highest BCUT2D eigenvalue weighted by Crippen LogP contribution is 2.50. The lowest BCUT2D eigenvalue weighted by Gasteiger charge is -2.14. The average Bonchev–Trinajstić information content (AvgIpc) is 3.51. The van der Waals surface area contributed by atoms with Gasteiger partial charge in [0.1, 0.15) is 17.3 Å². The van der Waals surface area contributed by atoms with E-state index in [0.29, 0.717) is 27.2 Å². The molecule has 0 saturated carbocycles. The molecule has 4 heterocycles. The number of hydrogen-bond acceptors (Lipinski definition) is 6. The van der Waals surface area contributed by atoms with Crippen LogP contribution in [0.4, 0.5) is 5.69 Å². The smallest absolute Gasteiger partial charge is 0.320 e. The van der Waals surface area contributed by atoms with Gasteiger partial charge in [0.15, 0.2) is 0 Å². The van der Waals surface area contributed by atoms with Crippen LogP contribution in [0.3, 0.4) is 0 Å². The molecule has 4 aromatic rings. The van der Waals surface area contributed by atoms with Gasteiger partial charge in [-0.3, -0.25) is 14.4 Å². The Balaban J connectivity index is 1.43. The van der Waals surface area contributed by atoms with Crippen LogP contribution >= 0.6 is 0 Å². The van der Waals surface area contributed by atoms with Crippen molar-refractivity contribution in [2.75, 3.05) is 5.32 Å². The Hall–Kier alpha value is -4.72. The van der Waals surface area contributed by atoms with E-state index < -0.39 is 29.7 Å². The minimum atomic E-state index is -0.866. The van der Waals surface area contributed by atoms with Gasteiger partial charge in [-0.05, 0) is 29.8 Å². The Morgan fingerprint density at radius 3 is 2.59 bits per heavy atom. The van der Waals surface area contributed by atoms with Gasteiger partial charge < -0.3 is 19.6 Å². The third kappa shape index (κ3) is 2.36. The summed E-state index contributed by atoms with van der Waals surface area (Å²) in [6.45, 7) is 0. The van der Waals surface area contributed by atoms with Gasteiger partial charge in [0, 0.05) is 21.9 Å². The number of ether oxygens (including phenoxy) is 1. The highest BCUT2D eigenvalue weighted by Gasteiger charge is 2.47. The van der Waals surface area contributed by atoms with Crippen LogP contribution in [0, 0.1) is 0 Å². The molecule has 0 fully saturated rings. The molecule has 7 rings (SSSR count). The number of hydrogen-bond donors (Lipinski definition) is 2. The Labute approximate surface area is 190 Å². The maximum atomic E-state index is 12.9. The zero-order valence-corrected chi connectivity index (χ0v) is 17.4. The molecule has 1 aromatic heterocycles. The van der Waals surface area contributed by atoms with Gasteiger partial charge in [0.2, 0.25) is 5.91 Å². The van der Waals surface area contributed by atoms with E-state index in [1.807, 2.05) is 18.2 Å². The standard InChI is InChI=1S/C26H14N2O6/c29-23-19(11-5-1-3-7-15(11)27-23)21-13-9-18-14(10-17(13)33-25(21)31)22(26(32)34-18)20-12-6-2-4-8-16(12)28-24(20)30/h1-10,19,21,32H,(H,27,29). The molecule has 0 aliphatic carbocycles. The van der Waals surface area contributed by atoms with Crippen LogP contribution in [-0.2, 0) is 14.4 Å². The van der Waals surface area contributed by atoms with E-state index >= 15 is 0 Å². The molecule has 8 nitrogen and oxygen atoms in total. The lowest BCUT2D eigenvalue weighted by Crippen LogP contribution is -2.24. The van der Waals surface area contributed by atoms with Crippen LogP contribution in [-0.4, -0.2) is 22.9 Å². The Morgan fingerprint density at radius 2 is 1.71 bits per heavy atom. The molecule has 34 heavy (non-hydrogen) atoms. The number of fused-ring (bicyclic) bond motifs is 4. The average molecular weight is 450 g/mol. The molecule has 0 bridgehead atoms. The van der Waals surface area contributed by atoms with Gasteiger partial charge in [-0.25, -0.2) is 4.99 Å². The van der Waals surface area contributed by atoms with E-state index in [-0.39, 0.29) is 28.4 Å². The van der Waals surface area contributed by atoms with Crippen LogP contribution in [0.15, 0.2) is 70.1 Å². The summed E-state index contributed by atoms with van der Waals surface area (Å²) in [6.07, 6.45) is 0. The Morgan fingerprint density at radius 1 is 0.912 bits per heavy atom. The summed E-state index contributed by atoms with van der Waals surface area (Å²) < 4.78 is 11.2. The van der Waals surface area contributed by atoms with Crippen LogP contribution in [0.5, 0.6) is 11.7 Å². The van der Waals surface area contributed by atoms with Crippen molar-refractivity contribution >= 4 is 40.0 Å². The quantitative estimate of drug-likeness (QED) is 0.357. The number of rotatable bonds is 2. The molecule has 3 aliphatic heterocycles. The third-order valence-corrected chi connectivity index (χ3v) is 6.63. The maximum absolute atomic E-state index is 12.9. The summed E-state index contributed by atoms with van der Waals surface area (Å²) in [6, 6.07) is 17.4. The predicted octanol–water partition coefficient (Wildman–Crippen LogP) is 2.24. The van der Waals surface area contributed by atoms with Gasteiger partial charge in [-0.15, -0.1) is 0 Å². The van der Waals surface area contributed by atoms with Crippen LogP contribution in [0.25, 0.3) is 16.5 Å². The number of anilines is 1. The van der Waals surface area contributed by atoms with Crippen LogP contribution in [0.1, 0.15) is 28.5 Å². The second kappa shape index (κ2) is 6.41. The topological polar surface area (TPSA) is 118 Å². The molecule has 2 unspecified atom stereocenters. The molecule has 0 spiro atoms. The van der Waals surface area contributed by atoms with E-state index in [1.54, 1.807) is 42.5 Å². The number of nitrogens with one attached hydrogen (secondary N) is 1. The molecule has 3 aliphatic rings. The van der Waals surface area contributed by atoms with Crippen molar-refractivity contribution in [3.63, 3.8) is 0 Å². The SMILES string of the molecule is O=C1N=c2ccccc2=C1c1c(O)oc2cc3c(cc12)OC(=O)C3C1C(=O)Nc2ccccc21. The summed E-state index contributed by atoms with van der Waals surface area (Å²) >= 11 is 0. The number of carbonyl (C=O) groups excluding carboxylic acids is 3. The number of benzene rings is 3. The number of carbonyl (C=O) groups is 3. The number of amides is 2. The first-order valence-electron chi connectivity index (χ1n) is 10.6. The fraction of sp³-hybridized carbons (Fsp3) is 0.0769. The normalized spacial score (nSPS) is 20.1. The maximum Gasteiger partial charge on any atom is 0.320 e. The van der Waals surface area contributed by atoms with Crippen molar-refractivity contribution in [2.24, 2.45) is 4.99 Å². The van der Waals surface area contributed by atoms with Gasteiger partial charge in [0.05, 0.1) is 22.4 Å². The molecular weight excluding hydrogens is 436 g/mol. The van der Waals surface area contributed by atoms with E-state index in [9.17, 15) is 19.5 Å². The summed E-state index contributed by atoms with van der Waals surface area (Å²) in [5, 5.41) is 15.0. The molecule has 164 valence electrons. The van der Waals surface area contributed by atoms with Crippen molar-refractivity contribution in [3.05, 3.63) is 87.9 Å². The van der Waals surface area contributed by atoms with Gasteiger partial charge >= 0.3 is 5.97 Å². The predicted molar refractivity (Wildman–Crippen MR) is 119 cm³/mol. The molecule has 2 N–H and O–H groups in total. The highest BCUT2D eigenvalue weighted by molar-refractivity contribution is 6.24. The van der Waals surface area contributed by atoms with Crippen molar-refractivity contribution in [1.29, 1.82) is 0 Å². The molecule has 0 radical (unpaired) electrons. The second-order valence-corrected chi connectivity index (χ2v) is 8.43. The molecule has 3 aromatic carbocycles. The Kier molecular flexibility index (Phi) is 3.55. The van der Waals surface area contributed by atoms with Crippen molar-refractivity contribution in [1.82, 2.24) is 0 Å². The number of esters is 1. The zero-order chi connectivity index (χ0) is 23.1. The fourth-order valence-corrected chi connectivity index (χ4v) is 5.18. The first kappa shape index (κ1) is 18.8. The van der Waals surface area contributed by atoms with E-state index in [1.165, 1.54) is 0 Å². The highest BCUT2D eigenvalue weighted by atomic mass is 16.5. The first-order chi connectivity index (χ1) is 16.5. The van der Waals surface area contributed by atoms with Crippen LogP contribution in [0.2, 0.25) is 0 Å². The van der Waals surface area contributed by atoms with Crippen molar-refractivity contribution in [2.45, 2.75) is 11.8 Å². The number of para-hydroxylation sites is 2. The second-order valence-electron chi connectivity index (χ2n) is 8.43. The summed E-state index contributed by atoms with van der Waals surface area (Å²) in [4.78, 5) is 42.5. The largest absolute Gasteiger partial charge is 0.480 e. The third-order valence-electron chi connectivity index (χ3n) is 6.63. The van der Waals surface area contributed by atoms with Gasteiger partial charge in [-0.2, -0.15) is 0 Å². The number of aromatic hydroxyl groups is 1. The van der Waals surface area contributed by atoms with Crippen molar-refractivity contribution in [3.8, 4) is 11.7 Å². The summed E-state index contributed by atoms with van der Waals surface area (Å²) in [5.74, 6) is -3.11.